The molecule has 0 aliphatic rings. The van der Waals surface area contributed by atoms with E-state index in [-0.39, 0.29) is 11.4 Å². The first-order chi connectivity index (χ1) is 14.8. The minimum atomic E-state index is -0.548. The van der Waals surface area contributed by atoms with E-state index in [4.69, 9.17) is 0 Å². The number of nitrogens with zero attached hydrogens (tertiary/aromatic N) is 1. The normalized spacial score (nSPS) is 11.0. The highest BCUT2D eigenvalue weighted by Gasteiger charge is 2.16. The smallest absolute Gasteiger partial charge is 0.272 e. The van der Waals surface area contributed by atoms with Gasteiger partial charge >= 0.3 is 0 Å². The highest BCUT2D eigenvalue weighted by molar-refractivity contribution is 14.1. The Morgan fingerprint density at radius 1 is 1.00 bits per heavy atom. The SMILES string of the molecule is Cc1ccc(C(=O)NC(=Cc2cccc([N+](=O)[O-])c2)C(=O)Nc2ccc(I)cc2)cc1. The summed E-state index contributed by atoms with van der Waals surface area (Å²) in [5.74, 6) is -1.01. The van der Waals surface area contributed by atoms with Crippen molar-refractivity contribution in [2.45, 2.75) is 6.92 Å². The first kappa shape index (κ1) is 22.2. The minimum absolute atomic E-state index is 0.0374. The third-order valence-corrected chi connectivity index (χ3v) is 5.02. The van der Waals surface area contributed by atoms with Gasteiger partial charge in [-0.25, -0.2) is 0 Å². The maximum atomic E-state index is 12.9. The van der Waals surface area contributed by atoms with Crippen LogP contribution in [0.1, 0.15) is 21.5 Å². The molecule has 8 heteroatoms. The van der Waals surface area contributed by atoms with Crippen LogP contribution in [-0.2, 0) is 4.79 Å². The van der Waals surface area contributed by atoms with Gasteiger partial charge in [-0.1, -0.05) is 29.8 Å². The molecule has 0 bridgehead atoms. The van der Waals surface area contributed by atoms with Crippen LogP contribution < -0.4 is 10.6 Å². The van der Waals surface area contributed by atoms with E-state index >= 15 is 0 Å². The number of hydrogen-bond donors (Lipinski definition) is 2. The molecule has 0 aliphatic heterocycles. The standard InChI is InChI=1S/C23H18IN3O4/c1-15-5-7-17(8-6-15)22(28)26-21(14-16-3-2-4-20(13-16)27(30)31)23(29)25-19-11-9-18(24)10-12-19/h2-14H,1H3,(H,25,29)(H,26,28). The Balaban J connectivity index is 1.92. The summed E-state index contributed by atoms with van der Waals surface area (Å²) in [6, 6.07) is 19.9. The number of nitro groups is 1. The third kappa shape index (κ3) is 6.22. The molecule has 0 spiro atoms. The van der Waals surface area contributed by atoms with E-state index in [0.717, 1.165) is 9.13 Å². The molecule has 31 heavy (non-hydrogen) atoms. The van der Waals surface area contributed by atoms with Crippen molar-refractivity contribution in [2.24, 2.45) is 0 Å². The number of benzene rings is 3. The molecule has 0 saturated heterocycles. The van der Waals surface area contributed by atoms with Crippen molar-refractivity contribution in [1.82, 2.24) is 5.32 Å². The van der Waals surface area contributed by atoms with Gasteiger partial charge in [0.15, 0.2) is 0 Å². The van der Waals surface area contributed by atoms with Gasteiger partial charge in [0.05, 0.1) is 4.92 Å². The van der Waals surface area contributed by atoms with Crippen LogP contribution in [0.25, 0.3) is 6.08 Å². The topological polar surface area (TPSA) is 101 Å². The van der Waals surface area contributed by atoms with Crippen LogP contribution in [-0.4, -0.2) is 16.7 Å². The summed E-state index contributed by atoms with van der Waals surface area (Å²) >= 11 is 2.16. The van der Waals surface area contributed by atoms with Crippen LogP contribution in [0.3, 0.4) is 0 Å². The first-order valence-electron chi connectivity index (χ1n) is 9.23. The summed E-state index contributed by atoms with van der Waals surface area (Å²) in [5, 5.41) is 16.4. The molecule has 0 radical (unpaired) electrons. The van der Waals surface area contributed by atoms with E-state index in [1.54, 1.807) is 42.5 Å². The average molecular weight is 527 g/mol. The van der Waals surface area contributed by atoms with E-state index in [9.17, 15) is 19.7 Å². The summed E-state index contributed by atoms with van der Waals surface area (Å²) in [4.78, 5) is 36.2. The zero-order valence-electron chi connectivity index (χ0n) is 16.5. The highest BCUT2D eigenvalue weighted by atomic mass is 127. The Labute approximate surface area is 192 Å². The van der Waals surface area contributed by atoms with E-state index < -0.39 is 16.7 Å². The molecule has 0 aliphatic carbocycles. The predicted octanol–water partition coefficient (Wildman–Crippen LogP) is 4.92. The number of rotatable bonds is 6. The average Bonchev–Trinajstić information content (AvgIpc) is 2.75. The van der Waals surface area contributed by atoms with Gasteiger partial charge in [-0.2, -0.15) is 0 Å². The zero-order valence-corrected chi connectivity index (χ0v) is 18.6. The maximum absolute atomic E-state index is 12.9. The van der Waals surface area contributed by atoms with Crippen LogP contribution >= 0.6 is 22.6 Å². The van der Waals surface area contributed by atoms with E-state index in [1.807, 2.05) is 19.1 Å². The van der Waals surface area contributed by atoms with Gasteiger partial charge in [0, 0.05) is 27.0 Å². The molecule has 0 fully saturated rings. The summed E-state index contributed by atoms with van der Waals surface area (Å²) in [6.45, 7) is 1.91. The van der Waals surface area contributed by atoms with Crippen LogP contribution in [0.15, 0.2) is 78.5 Å². The highest BCUT2D eigenvalue weighted by Crippen LogP contribution is 2.17. The van der Waals surface area contributed by atoms with Gasteiger partial charge < -0.3 is 10.6 Å². The summed E-state index contributed by atoms with van der Waals surface area (Å²) in [5.41, 5.74) is 2.20. The molecule has 2 amide bonds. The van der Waals surface area contributed by atoms with Crippen molar-refractivity contribution in [3.05, 3.63) is 109 Å². The number of halogens is 1. The molecule has 0 atom stereocenters. The lowest BCUT2D eigenvalue weighted by molar-refractivity contribution is -0.384. The molecule has 0 heterocycles. The minimum Gasteiger partial charge on any atom is -0.321 e. The van der Waals surface area contributed by atoms with Gasteiger partial charge in [0.2, 0.25) is 0 Å². The second-order valence-corrected chi connectivity index (χ2v) is 7.94. The van der Waals surface area contributed by atoms with Crippen molar-refractivity contribution < 1.29 is 14.5 Å². The zero-order chi connectivity index (χ0) is 22.4. The van der Waals surface area contributed by atoms with Gasteiger partial charge in [-0.15, -0.1) is 0 Å². The van der Waals surface area contributed by atoms with Gasteiger partial charge in [0.1, 0.15) is 5.70 Å². The maximum Gasteiger partial charge on any atom is 0.272 e. The predicted molar refractivity (Wildman–Crippen MR) is 128 cm³/mol. The van der Waals surface area contributed by atoms with Crippen molar-refractivity contribution in [2.75, 3.05) is 5.32 Å². The molecule has 3 aromatic carbocycles. The second kappa shape index (κ2) is 9.98. The number of hydrogen-bond acceptors (Lipinski definition) is 4. The third-order valence-electron chi connectivity index (χ3n) is 4.30. The Kier molecular flexibility index (Phi) is 7.14. The number of anilines is 1. The number of nitrogens with one attached hydrogen (secondary N) is 2. The van der Waals surface area contributed by atoms with Crippen LogP contribution in [0.4, 0.5) is 11.4 Å². The number of nitro benzene ring substituents is 1. The molecule has 3 aromatic rings. The fourth-order valence-electron chi connectivity index (χ4n) is 2.68. The monoisotopic (exact) mass is 527 g/mol. The second-order valence-electron chi connectivity index (χ2n) is 6.69. The van der Waals surface area contributed by atoms with Crippen molar-refractivity contribution in [1.29, 1.82) is 0 Å². The van der Waals surface area contributed by atoms with E-state index in [0.29, 0.717) is 16.8 Å². The number of aryl methyl sites for hydroxylation is 1. The molecular weight excluding hydrogens is 509 g/mol. The molecule has 0 saturated carbocycles. The Morgan fingerprint density at radius 2 is 1.68 bits per heavy atom. The van der Waals surface area contributed by atoms with Crippen LogP contribution in [0, 0.1) is 20.6 Å². The molecule has 156 valence electrons. The number of non-ortho nitro benzene ring substituents is 1. The number of carbonyl (C=O) groups is 2. The molecule has 0 aromatic heterocycles. The molecule has 0 unspecified atom stereocenters. The fraction of sp³-hybridized carbons (Fsp3) is 0.0435. The lowest BCUT2D eigenvalue weighted by Gasteiger charge is -2.12. The van der Waals surface area contributed by atoms with Crippen molar-refractivity contribution in [3.8, 4) is 0 Å². The number of amides is 2. The van der Waals surface area contributed by atoms with Gasteiger partial charge in [-0.05, 0) is 77.6 Å². The quantitative estimate of drug-likeness (QED) is 0.206. The molecule has 2 N–H and O–H groups in total. The van der Waals surface area contributed by atoms with Crippen LogP contribution in [0.2, 0.25) is 0 Å². The lowest BCUT2D eigenvalue weighted by atomic mass is 10.1. The Hall–Kier alpha value is -3.53. The summed E-state index contributed by atoms with van der Waals surface area (Å²) < 4.78 is 1.01. The van der Waals surface area contributed by atoms with Crippen LogP contribution in [0.5, 0.6) is 0 Å². The van der Waals surface area contributed by atoms with Crippen molar-refractivity contribution in [3.63, 3.8) is 0 Å². The Morgan fingerprint density at radius 3 is 2.32 bits per heavy atom. The van der Waals surface area contributed by atoms with E-state index in [2.05, 4.69) is 33.2 Å². The van der Waals surface area contributed by atoms with Gasteiger partial charge in [-0.3, -0.25) is 19.7 Å². The molecule has 3 rings (SSSR count). The molecule has 7 nitrogen and oxygen atoms in total. The lowest BCUT2D eigenvalue weighted by Crippen LogP contribution is -2.30. The van der Waals surface area contributed by atoms with E-state index in [1.165, 1.54) is 24.3 Å². The molecular formula is C23H18IN3O4. The Bertz CT molecular complexity index is 1160. The first-order valence-corrected chi connectivity index (χ1v) is 10.3. The number of carbonyl (C=O) groups excluding carboxylic acids is 2. The fourth-order valence-corrected chi connectivity index (χ4v) is 3.04. The summed E-state index contributed by atoms with van der Waals surface area (Å²) in [6.07, 6.45) is 1.40. The summed E-state index contributed by atoms with van der Waals surface area (Å²) in [7, 11) is 0. The van der Waals surface area contributed by atoms with Gasteiger partial charge in [0.25, 0.3) is 17.5 Å². The van der Waals surface area contributed by atoms with Crippen molar-refractivity contribution >= 4 is 51.9 Å². The largest absolute Gasteiger partial charge is 0.321 e.